The number of piperazine rings is 2. The Morgan fingerprint density at radius 1 is 0.543 bits per heavy atom. The molecule has 0 radical (unpaired) electrons. The minimum Gasteiger partial charge on any atom is -0.391 e. The molecule has 5 heterocycles. The first-order valence-corrected chi connectivity index (χ1v) is 29.7. The van der Waals surface area contributed by atoms with E-state index in [2.05, 4.69) is 52.3 Å². The molecule has 452 valence electrons. The molecule has 5 N–H and O–H groups in total. The number of carbonyl (C=O) groups is 4. The zero-order valence-electron chi connectivity index (χ0n) is 48.9. The summed E-state index contributed by atoms with van der Waals surface area (Å²) in [5.74, 6) is 3.80. The molecular weight excluding hydrogens is 1040 g/mol. The number of aliphatic hydroxyl groups is 2. The molecule has 0 spiro atoms. The lowest BCUT2D eigenvalue weighted by Crippen LogP contribution is -2.50. The summed E-state index contributed by atoms with van der Waals surface area (Å²) >= 11 is 0. The molecule has 0 bridgehead atoms. The fourth-order valence-electron chi connectivity index (χ4n) is 9.83. The molecule has 2 aliphatic rings. The Labute approximate surface area is 479 Å². The molecule has 0 saturated carbocycles. The van der Waals surface area contributed by atoms with Gasteiger partial charge in [-0.25, -0.2) is 9.36 Å². The summed E-state index contributed by atoms with van der Waals surface area (Å²) in [6.45, 7) is 15.4. The van der Waals surface area contributed by atoms with Crippen LogP contribution in [0.4, 0.5) is 17.8 Å². The number of hydrogen-bond donors (Lipinski definition) is 5. The molecule has 25 nitrogen and oxygen atoms in total. The number of anilines is 3. The molecule has 2 fully saturated rings. The topological polar surface area (TPSA) is 286 Å². The van der Waals surface area contributed by atoms with E-state index in [4.69, 9.17) is 35.6 Å². The molecule has 2 saturated heterocycles. The van der Waals surface area contributed by atoms with Crippen LogP contribution in [0.15, 0.2) is 12.4 Å². The van der Waals surface area contributed by atoms with Gasteiger partial charge in [-0.05, 0) is 53.4 Å². The number of aliphatic hydroxyl groups excluding tert-OH is 2. The van der Waals surface area contributed by atoms with Gasteiger partial charge >= 0.3 is 0 Å². The van der Waals surface area contributed by atoms with Gasteiger partial charge < -0.3 is 60.0 Å². The predicted molar refractivity (Wildman–Crippen MR) is 307 cm³/mol. The number of nitrogens with one attached hydrogen (secondary N) is 3. The fourth-order valence-corrected chi connectivity index (χ4v) is 9.83. The molecule has 0 aromatic carbocycles. The van der Waals surface area contributed by atoms with E-state index >= 15 is 0 Å². The van der Waals surface area contributed by atoms with Gasteiger partial charge in [-0.3, -0.25) is 19.2 Å². The maximum Gasteiger partial charge on any atom is 0.247 e. The maximum absolute atomic E-state index is 13.3. The molecule has 4 atom stereocenters. The zero-order chi connectivity index (χ0) is 58.0. The summed E-state index contributed by atoms with van der Waals surface area (Å²) in [5.41, 5.74) is 1.37. The number of rotatable bonds is 41. The summed E-state index contributed by atoms with van der Waals surface area (Å²) in [6.07, 6.45) is 24.0. The average molecular weight is 1140 g/mol. The van der Waals surface area contributed by atoms with Crippen molar-refractivity contribution in [3.05, 3.63) is 23.8 Å². The van der Waals surface area contributed by atoms with E-state index in [0.717, 1.165) is 103 Å². The van der Waals surface area contributed by atoms with Gasteiger partial charge in [-0.2, -0.15) is 15.0 Å². The van der Waals surface area contributed by atoms with Crippen LogP contribution in [0.3, 0.4) is 0 Å². The van der Waals surface area contributed by atoms with E-state index in [-0.39, 0.29) is 30.2 Å². The highest BCUT2D eigenvalue weighted by Crippen LogP contribution is 2.22. The van der Waals surface area contributed by atoms with Crippen LogP contribution in [0.2, 0.25) is 0 Å². The van der Waals surface area contributed by atoms with E-state index in [0.29, 0.717) is 147 Å². The van der Waals surface area contributed by atoms with Gasteiger partial charge in [-0.1, -0.05) is 93.4 Å². The molecule has 0 unspecified atom stereocenters. The Bertz CT molecular complexity index is 2180. The van der Waals surface area contributed by atoms with Crippen LogP contribution >= 0.6 is 0 Å². The molecular formula is C56H94N16O9. The first kappa shape index (κ1) is 65.7. The SMILES string of the molecule is C#CCOCCOCCOCCNc1nc(N2CCN(C(=O)CCCCCCCCCCNC(=O)[C@@H]([C@H](C)O)n3cc(C)nn3)CC2)nc(N2CCN(C(=O)CCCCCCCCCCNC(=O)[C@@H]([C@H](C)O)n3cc(C)nn3)CC2)n1. The Kier molecular flexibility index (Phi) is 30.7. The quantitative estimate of drug-likeness (QED) is 0.0401. The lowest BCUT2D eigenvalue weighted by molar-refractivity contribution is -0.132. The van der Waals surface area contributed by atoms with Crippen LogP contribution in [0, 0.1) is 26.2 Å². The Balaban J connectivity index is 0.959. The van der Waals surface area contributed by atoms with Crippen molar-refractivity contribution in [2.24, 2.45) is 0 Å². The highest BCUT2D eigenvalue weighted by atomic mass is 16.5. The van der Waals surface area contributed by atoms with Crippen molar-refractivity contribution in [3.63, 3.8) is 0 Å². The van der Waals surface area contributed by atoms with Gasteiger partial charge in [0, 0.05) is 97.2 Å². The highest BCUT2D eigenvalue weighted by molar-refractivity contribution is 5.81. The third-order valence-electron chi connectivity index (χ3n) is 14.4. The van der Waals surface area contributed by atoms with E-state index < -0.39 is 24.3 Å². The number of unbranched alkanes of at least 4 members (excludes halogenated alkanes) is 14. The van der Waals surface area contributed by atoms with E-state index in [1.165, 1.54) is 9.36 Å². The summed E-state index contributed by atoms with van der Waals surface area (Å²) in [5, 5.41) is 45.2. The number of amides is 4. The zero-order valence-corrected chi connectivity index (χ0v) is 48.9. The Morgan fingerprint density at radius 2 is 0.926 bits per heavy atom. The molecule has 0 aliphatic carbocycles. The number of carbonyl (C=O) groups excluding carboxylic acids is 4. The van der Waals surface area contributed by atoms with Gasteiger partial charge in [0.2, 0.25) is 41.5 Å². The number of aryl methyl sites for hydroxylation is 2. The predicted octanol–water partition coefficient (Wildman–Crippen LogP) is 3.56. The largest absolute Gasteiger partial charge is 0.391 e. The minimum absolute atomic E-state index is 0.176. The smallest absolute Gasteiger partial charge is 0.247 e. The number of ether oxygens (including phenoxy) is 3. The number of hydrogen-bond acceptors (Lipinski definition) is 19. The van der Waals surface area contributed by atoms with E-state index in [1.807, 2.05) is 9.80 Å². The van der Waals surface area contributed by atoms with Crippen molar-refractivity contribution in [1.82, 2.24) is 65.4 Å². The van der Waals surface area contributed by atoms with Crippen LogP contribution in [-0.2, 0) is 33.4 Å². The van der Waals surface area contributed by atoms with Crippen molar-refractivity contribution in [1.29, 1.82) is 0 Å². The lowest BCUT2D eigenvalue weighted by atomic mass is 10.1. The number of aromatic nitrogens is 9. The second-order valence-corrected chi connectivity index (χ2v) is 21.2. The third-order valence-corrected chi connectivity index (χ3v) is 14.4. The van der Waals surface area contributed by atoms with Gasteiger partial charge in [0.05, 0.1) is 56.6 Å². The second-order valence-electron chi connectivity index (χ2n) is 21.2. The summed E-state index contributed by atoms with van der Waals surface area (Å²) < 4.78 is 19.4. The molecule has 2 aliphatic heterocycles. The number of nitrogens with zero attached hydrogens (tertiary/aromatic N) is 13. The van der Waals surface area contributed by atoms with Crippen LogP contribution in [0.5, 0.6) is 0 Å². The van der Waals surface area contributed by atoms with Crippen molar-refractivity contribution in [3.8, 4) is 12.3 Å². The standard InChI is InChI=1S/C56H94N16O9/c1-6-36-79-38-40-81-41-39-80-37-27-59-54-60-55(69-32-28-67(29-33-69)48(75)23-19-15-11-7-9-13-17-21-25-57-52(77)50(46(4)73)71-42-44(2)63-65-71)62-56(61-54)70-34-30-68(31-35-70)49(76)24-20-16-12-8-10-14-18-22-26-58-53(78)51(47(5)74)72-43-45(3)64-66-72/h1,42-43,46-47,50-51,73-74H,7-41H2,2-5H3,(H,57,77)(H,58,78)(H,59,60,61,62)/t46-,47-,50+,51+/m0/s1. The molecule has 5 rings (SSSR count). The third kappa shape index (κ3) is 24.5. The number of terminal acetylenes is 1. The van der Waals surface area contributed by atoms with Gasteiger partial charge in [-0.15, -0.1) is 16.6 Å². The van der Waals surface area contributed by atoms with Gasteiger partial charge in [0.25, 0.3) is 0 Å². The van der Waals surface area contributed by atoms with Crippen molar-refractivity contribution in [2.45, 2.75) is 168 Å². The second kappa shape index (κ2) is 37.8. The molecule has 4 amide bonds. The van der Waals surface area contributed by atoms with Gasteiger partial charge in [0.15, 0.2) is 12.1 Å². The van der Waals surface area contributed by atoms with Crippen LogP contribution < -0.4 is 25.8 Å². The fraction of sp³-hybridized carbons (Fsp3) is 0.768. The summed E-state index contributed by atoms with van der Waals surface area (Å²) in [6, 6.07) is -1.61. The van der Waals surface area contributed by atoms with Crippen LogP contribution in [-0.4, -0.2) is 212 Å². The molecule has 3 aromatic rings. The van der Waals surface area contributed by atoms with Crippen LogP contribution in [0.25, 0.3) is 0 Å². The molecule has 25 heteroatoms. The monoisotopic (exact) mass is 1130 g/mol. The minimum atomic E-state index is -0.889. The molecule has 3 aromatic heterocycles. The van der Waals surface area contributed by atoms with Gasteiger partial charge in [0.1, 0.15) is 6.61 Å². The normalized spacial score (nSPS) is 15.3. The Morgan fingerprint density at radius 3 is 1.31 bits per heavy atom. The maximum atomic E-state index is 13.3. The van der Waals surface area contributed by atoms with Crippen molar-refractivity contribution >= 4 is 41.5 Å². The highest BCUT2D eigenvalue weighted by Gasteiger charge is 2.29. The van der Waals surface area contributed by atoms with E-state index in [1.54, 1.807) is 40.1 Å². The van der Waals surface area contributed by atoms with E-state index in [9.17, 15) is 29.4 Å². The first-order chi connectivity index (χ1) is 39.3. The molecule has 81 heavy (non-hydrogen) atoms. The average Bonchev–Trinajstić information content (AvgIpc) is 4.09. The lowest BCUT2D eigenvalue weighted by Gasteiger charge is -2.36. The van der Waals surface area contributed by atoms with Crippen LogP contribution in [0.1, 0.15) is 153 Å². The van der Waals surface area contributed by atoms with Crippen molar-refractivity contribution < 1.29 is 43.6 Å². The summed E-state index contributed by atoms with van der Waals surface area (Å²) in [7, 11) is 0. The Hall–Kier alpha value is -6.07. The first-order valence-electron chi connectivity index (χ1n) is 29.7. The summed E-state index contributed by atoms with van der Waals surface area (Å²) in [4.78, 5) is 74.7. The van der Waals surface area contributed by atoms with Crippen molar-refractivity contribution in [2.75, 3.05) is 127 Å².